The summed E-state index contributed by atoms with van der Waals surface area (Å²) in [5.74, 6) is 2.05. The van der Waals surface area contributed by atoms with E-state index in [0.29, 0.717) is 0 Å². The fraction of sp³-hybridized carbons (Fsp3) is 0.318. The maximum Gasteiger partial charge on any atom is 0.220 e. The van der Waals surface area contributed by atoms with Crippen molar-refractivity contribution in [3.05, 3.63) is 71.4 Å². The zero-order chi connectivity index (χ0) is 18.5. The van der Waals surface area contributed by atoms with Crippen LogP contribution < -0.4 is 14.8 Å². The molecule has 1 N–H and O–H groups in total. The molecule has 0 radical (unpaired) electrons. The fourth-order valence-corrected chi connectivity index (χ4v) is 3.70. The molecule has 3 rings (SSSR count). The summed E-state index contributed by atoms with van der Waals surface area (Å²) in [4.78, 5) is 11.6. The lowest BCUT2D eigenvalue weighted by Gasteiger charge is -2.27. The molecule has 0 heterocycles. The average molecular weight is 351 g/mol. The van der Waals surface area contributed by atoms with Gasteiger partial charge in [0.1, 0.15) is 11.5 Å². The summed E-state index contributed by atoms with van der Waals surface area (Å²) in [5.41, 5.74) is 3.44. The summed E-state index contributed by atoms with van der Waals surface area (Å²) >= 11 is 0. The third kappa shape index (κ3) is 3.90. The van der Waals surface area contributed by atoms with Crippen LogP contribution in [0.5, 0.6) is 11.5 Å². The van der Waals surface area contributed by atoms with Crippen molar-refractivity contribution >= 4 is 5.91 Å². The van der Waals surface area contributed by atoms with Crippen LogP contribution >= 0.6 is 0 Å². The second kappa shape index (κ2) is 8.09. The van der Waals surface area contributed by atoms with Crippen LogP contribution in [0.4, 0.5) is 0 Å². The summed E-state index contributed by atoms with van der Waals surface area (Å²) < 4.78 is 10.6. The monoisotopic (exact) mass is 351 g/mol. The molecule has 0 fully saturated rings. The van der Waals surface area contributed by atoms with Gasteiger partial charge in [0.25, 0.3) is 0 Å². The highest BCUT2D eigenvalue weighted by Gasteiger charge is 2.31. The Labute approximate surface area is 154 Å². The summed E-state index contributed by atoms with van der Waals surface area (Å²) in [7, 11) is 3.34. The molecule has 4 nitrogen and oxygen atoms in total. The molecule has 1 aliphatic carbocycles. The summed E-state index contributed by atoms with van der Waals surface area (Å²) in [6.07, 6.45) is 4.13. The van der Waals surface area contributed by atoms with E-state index in [1.54, 1.807) is 21.1 Å². The number of benzene rings is 2. The zero-order valence-electron chi connectivity index (χ0n) is 15.5. The van der Waals surface area contributed by atoms with Gasteiger partial charge in [-0.15, -0.1) is 0 Å². The topological polar surface area (TPSA) is 47.6 Å². The van der Waals surface area contributed by atoms with E-state index >= 15 is 0 Å². The van der Waals surface area contributed by atoms with Gasteiger partial charge in [0.2, 0.25) is 5.91 Å². The Hall–Kier alpha value is -2.75. The van der Waals surface area contributed by atoms with Crippen LogP contribution in [0.3, 0.4) is 0 Å². The molecule has 1 amide bonds. The van der Waals surface area contributed by atoms with Gasteiger partial charge in [-0.05, 0) is 48.2 Å². The third-order valence-corrected chi connectivity index (χ3v) is 4.91. The number of allylic oxidation sites excluding steroid dienone is 2. The van der Waals surface area contributed by atoms with Gasteiger partial charge in [0.15, 0.2) is 0 Å². The third-order valence-electron chi connectivity index (χ3n) is 4.91. The van der Waals surface area contributed by atoms with Gasteiger partial charge in [0.05, 0.1) is 14.2 Å². The summed E-state index contributed by atoms with van der Waals surface area (Å²) in [6, 6.07) is 16.4. The number of methoxy groups -OCH3 is 2. The Morgan fingerprint density at radius 3 is 1.88 bits per heavy atom. The van der Waals surface area contributed by atoms with Gasteiger partial charge in [-0.1, -0.05) is 30.3 Å². The molecule has 0 spiro atoms. The zero-order valence-corrected chi connectivity index (χ0v) is 15.5. The first-order valence-corrected chi connectivity index (χ1v) is 8.88. The molecule has 2 aromatic carbocycles. The van der Waals surface area contributed by atoms with E-state index < -0.39 is 0 Å². The number of rotatable bonds is 6. The average Bonchev–Trinajstić information content (AvgIpc) is 3.10. The van der Waals surface area contributed by atoms with Gasteiger partial charge in [-0.25, -0.2) is 0 Å². The molecule has 1 aliphatic rings. The van der Waals surface area contributed by atoms with Crippen LogP contribution in [0.1, 0.15) is 36.8 Å². The Kier molecular flexibility index (Phi) is 5.61. The largest absolute Gasteiger partial charge is 0.497 e. The van der Waals surface area contributed by atoms with E-state index in [-0.39, 0.29) is 17.7 Å². The molecule has 0 aliphatic heterocycles. The smallest absolute Gasteiger partial charge is 0.220 e. The van der Waals surface area contributed by atoms with E-state index in [4.69, 9.17) is 9.47 Å². The van der Waals surface area contributed by atoms with Crippen molar-refractivity contribution in [1.29, 1.82) is 0 Å². The van der Waals surface area contributed by atoms with E-state index in [1.807, 2.05) is 24.3 Å². The molecule has 1 unspecified atom stereocenters. The molecule has 1 atom stereocenters. The lowest BCUT2D eigenvalue weighted by atomic mass is 9.79. The van der Waals surface area contributed by atoms with Crippen molar-refractivity contribution < 1.29 is 14.3 Å². The second-order valence-corrected chi connectivity index (χ2v) is 6.55. The standard InChI is InChI=1S/C22H25NO3/c1-15(24)23-21-6-4-5-20(21)22(16-7-11-18(25-2)12-8-16)17-9-13-19(26-3)14-10-17/h6-14,20,22H,4-5H2,1-3H3,(H,23,24). The van der Waals surface area contributed by atoms with E-state index in [1.165, 1.54) is 11.1 Å². The number of nitrogens with one attached hydrogen (secondary N) is 1. The highest BCUT2D eigenvalue weighted by molar-refractivity contribution is 5.75. The van der Waals surface area contributed by atoms with Crippen molar-refractivity contribution in [2.24, 2.45) is 5.92 Å². The minimum Gasteiger partial charge on any atom is -0.497 e. The number of ether oxygens (including phenoxy) is 2. The first kappa shape index (κ1) is 18.1. The van der Waals surface area contributed by atoms with Gasteiger partial charge >= 0.3 is 0 Å². The van der Waals surface area contributed by atoms with Crippen LogP contribution in [0.15, 0.2) is 60.3 Å². The van der Waals surface area contributed by atoms with Crippen LogP contribution in [-0.2, 0) is 4.79 Å². The predicted molar refractivity (Wildman–Crippen MR) is 102 cm³/mol. The lowest BCUT2D eigenvalue weighted by Crippen LogP contribution is -2.26. The maximum absolute atomic E-state index is 11.6. The van der Waals surface area contributed by atoms with Gasteiger partial charge in [-0.3, -0.25) is 4.79 Å². The highest BCUT2D eigenvalue weighted by atomic mass is 16.5. The first-order chi connectivity index (χ1) is 12.6. The lowest BCUT2D eigenvalue weighted by molar-refractivity contribution is -0.118. The van der Waals surface area contributed by atoms with Crippen molar-refractivity contribution in [3.8, 4) is 11.5 Å². The van der Waals surface area contributed by atoms with Gasteiger partial charge < -0.3 is 14.8 Å². The predicted octanol–water partition coefficient (Wildman–Crippen LogP) is 4.27. The molecule has 0 aromatic heterocycles. The molecular formula is C22H25NO3. The molecule has 2 aromatic rings. The molecule has 0 bridgehead atoms. The quantitative estimate of drug-likeness (QED) is 0.846. The van der Waals surface area contributed by atoms with E-state index in [9.17, 15) is 4.79 Å². The minimum atomic E-state index is -0.0219. The Morgan fingerprint density at radius 2 is 1.46 bits per heavy atom. The van der Waals surface area contributed by atoms with Crippen molar-refractivity contribution in [2.75, 3.05) is 14.2 Å². The molecule has 26 heavy (non-hydrogen) atoms. The highest BCUT2D eigenvalue weighted by Crippen LogP contribution is 2.42. The molecular weight excluding hydrogens is 326 g/mol. The van der Waals surface area contributed by atoms with Crippen LogP contribution in [-0.4, -0.2) is 20.1 Å². The van der Waals surface area contributed by atoms with Crippen molar-refractivity contribution in [1.82, 2.24) is 5.32 Å². The maximum atomic E-state index is 11.6. The fourth-order valence-electron chi connectivity index (χ4n) is 3.70. The van der Waals surface area contributed by atoms with Crippen LogP contribution in [0.25, 0.3) is 0 Å². The van der Waals surface area contributed by atoms with Gasteiger partial charge in [0, 0.05) is 24.5 Å². The minimum absolute atomic E-state index is 0.0219. The molecule has 0 saturated carbocycles. The van der Waals surface area contributed by atoms with Crippen molar-refractivity contribution in [2.45, 2.75) is 25.7 Å². The van der Waals surface area contributed by atoms with Crippen molar-refractivity contribution in [3.63, 3.8) is 0 Å². The Morgan fingerprint density at radius 1 is 0.962 bits per heavy atom. The van der Waals surface area contributed by atoms with E-state index in [0.717, 1.165) is 30.0 Å². The van der Waals surface area contributed by atoms with Crippen LogP contribution in [0, 0.1) is 5.92 Å². The molecule has 136 valence electrons. The van der Waals surface area contributed by atoms with E-state index in [2.05, 4.69) is 35.7 Å². The normalized spacial score (nSPS) is 16.3. The second-order valence-electron chi connectivity index (χ2n) is 6.55. The molecule has 4 heteroatoms. The van der Waals surface area contributed by atoms with Gasteiger partial charge in [-0.2, -0.15) is 0 Å². The Balaban J connectivity index is 2.00. The van der Waals surface area contributed by atoms with Crippen LogP contribution in [0.2, 0.25) is 0 Å². The number of hydrogen-bond acceptors (Lipinski definition) is 3. The number of amides is 1. The summed E-state index contributed by atoms with van der Waals surface area (Å²) in [5, 5.41) is 3.03. The SMILES string of the molecule is COc1ccc(C(c2ccc(OC)cc2)C2CCC=C2NC(C)=O)cc1. The number of carbonyl (C=O) groups is 1. The molecule has 0 saturated heterocycles. The first-order valence-electron chi connectivity index (χ1n) is 8.88. The Bertz CT molecular complexity index is 731. The number of carbonyl (C=O) groups excluding carboxylic acids is 1. The summed E-state index contributed by atoms with van der Waals surface area (Å²) in [6.45, 7) is 1.56. The number of hydrogen-bond donors (Lipinski definition) is 1.